The van der Waals surface area contributed by atoms with Crippen LogP contribution in [0.25, 0.3) is 0 Å². The Morgan fingerprint density at radius 3 is 1.78 bits per heavy atom. The van der Waals surface area contributed by atoms with E-state index in [0.29, 0.717) is 13.2 Å². The topological polar surface area (TPSA) is 58.9 Å². The van der Waals surface area contributed by atoms with Crippen LogP contribution in [0.1, 0.15) is 19.8 Å². The monoisotopic (exact) mass is 436 g/mol. The molecule has 126 valence electrons. The Hall–Kier alpha value is -0.0569. The van der Waals surface area contributed by atoms with Gasteiger partial charge in [0.05, 0.1) is 0 Å². The van der Waals surface area contributed by atoms with E-state index in [4.69, 9.17) is 19.7 Å². The predicted molar refractivity (Wildman–Crippen MR) is 74.7 cm³/mol. The molecule has 7 heteroatoms. The molecule has 3 aliphatic rings. The molecule has 0 unspecified atom stereocenters. The van der Waals surface area contributed by atoms with Gasteiger partial charge in [-0.3, -0.25) is 0 Å². The SMILES string of the molecule is CC1C2=CC[C](=C2OCCO)[Zr+2][C]2=C(OCCO)C1=CC2.[Cl-].[Cl-]. The number of hydrogen-bond donors (Lipinski definition) is 2. The number of aliphatic hydroxyl groups is 2. The summed E-state index contributed by atoms with van der Waals surface area (Å²) >= 11 is -0.888. The molecule has 4 nitrogen and oxygen atoms in total. The van der Waals surface area contributed by atoms with Gasteiger partial charge in [0.2, 0.25) is 0 Å². The van der Waals surface area contributed by atoms with Gasteiger partial charge >= 0.3 is 136 Å². The van der Waals surface area contributed by atoms with Gasteiger partial charge in [0.25, 0.3) is 0 Å². The average Bonchev–Trinajstić information content (AvgIpc) is 3.08. The molecule has 0 saturated carbocycles. The molecular weight excluding hydrogens is 418 g/mol. The molecule has 2 N–H and O–H groups in total. The number of allylic oxidation sites excluding steroid dienone is 6. The van der Waals surface area contributed by atoms with E-state index in [2.05, 4.69) is 19.1 Å². The minimum atomic E-state index is -0.888. The zero-order valence-electron chi connectivity index (χ0n) is 12.9. The van der Waals surface area contributed by atoms with E-state index < -0.39 is 23.2 Å². The second kappa shape index (κ2) is 9.43. The summed E-state index contributed by atoms with van der Waals surface area (Å²) in [4.78, 5) is 0. The summed E-state index contributed by atoms with van der Waals surface area (Å²) in [7, 11) is 0. The van der Waals surface area contributed by atoms with Crippen molar-refractivity contribution < 1.29 is 67.7 Å². The molecule has 0 aromatic heterocycles. The molecule has 2 aliphatic carbocycles. The van der Waals surface area contributed by atoms with Gasteiger partial charge in [0.1, 0.15) is 0 Å². The van der Waals surface area contributed by atoms with Gasteiger partial charge in [0, 0.05) is 0 Å². The first-order chi connectivity index (χ1) is 10.3. The van der Waals surface area contributed by atoms with Gasteiger partial charge in [0.15, 0.2) is 0 Å². The number of halogens is 2. The van der Waals surface area contributed by atoms with Crippen LogP contribution < -0.4 is 24.8 Å². The van der Waals surface area contributed by atoms with E-state index in [0.717, 1.165) is 24.4 Å². The fourth-order valence-corrected chi connectivity index (χ4v) is 6.61. The zero-order chi connectivity index (χ0) is 14.8. The number of hydrogen-bond acceptors (Lipinski definition) is 4. The van der Waals surface area contributed by atoms with Crippen molar-refractivity contribution in [3.63, 3.8) is 0 Å². The van der Waals surface area contributed by atoms with Crippen molar-refractivity contribution in [3.8, 4) is 0 Å². The zero-order valence-corrected chi connectivity index (χ0v) is 16.9. The van der Waals surface area contributed by atoms with Crippen molar-refractivity contribution >= 4 is 0 Å². The molecule has 3 rings (SSSR count). The van der Waals surface area contributed by atoms with E-state index >= 15 is 0 Å². The van der Waals surface area contributed by atoms with Crippen LogP contribution in [-0.2, 0) is 32.7 Å². The minimum absolute atomic E-state index is 0. The fraction of sp³-hybridized carbons (Fsp3) is 0.500. The molecule has 0 radical (unpaired) electrons. The van der Waals surface area contributed by atoms with Crippen LogP contribution in [0.5, 0.6) is 0 Å². The van der Waals surface area contributed by atoms with Crippen LogP contribution in [0.3, 0.4) is 0 Å². The summed E-state index contributed by atoms with van der Waals surface area (Å²) in [5.41, 5.74) is 2.49. The normalized spacial score (nSPS) is 18.7. The molecule has 1 heterocycles. The molecule has 4 bridgehead atoms. The molecule has 0 amide bonds. The van der Waals surface area contributed by atoms with Crippen molar-refractivity contribution in [1.82, 2.24) is 0 Å². The minimum Gasteiger partial charge on any atom is -1.00 e. The van der Waals surface area contributed by atoms with E-state index in [-0.39, 0.29) is 43.9 Å². The summed E-state index contributed by atoms with van der Waals surface area (Å²) in [6.07, 6.45) is 6.55. The molecule has 0 aromatic rings. The van der Waals surface area contributed by atoms with Crippen molar-refractivity contribution in [1.29, 1.82) is 0 Å². The summed E-state index contributed by atoms with van der Waals surface area (Å²) in [6.45, 7) is 3.03. The van der Waals surface area contributed by atoms with E-state index in [9.17, 15) is 0 Å². The molecule has 0 fully saturated rings. The molecular formula is C16H20Cl2O4Zr. The maximum absolute atomic E-state index is 9.02. The van der Waals surface area contributed by atoms with Gasteiger partial charge in [-0.05, 0) is 0 Å². The van der Waals surface area contributed by atoms with Gasteiger partial charge in [-0.1, -0.05) is 0 Å². The molecule has 0 saturated heterocycles. The predicted octanol–water partition coefficient (Wildman–Crippen LogP) is -4.17. The van der Waals surface area contributed by atoms with Crippen molar-refractivity contribution in [2.75, 3.05) is 26.4 Å². The maximum Gasteiger partial charge on any atom is -1.00 e. The largest absolute Gasteiger partial charge is 1.00 e. The Labute approximate surface area is 160 Å². The number of fused-ring (bicyclic) bond motifs is 2. The van der Waals surface area contributed by atoms with Crippen LogP contribution in [0.15, 0.2) is 41.4 Å². The third-order valence-electron chi connectivity index (χ3n) is 4.03. The standard InChI is InChI=1S/C16H20O4.2ClH.Zr/c1-12(13-4-2-6-15(13)19-10-8-17)14-5-3-7-16(14)20-11-9-18;;;/h4-5,12,17-18H,2-3,8-11H2,1H3;2*1H;/q;;;+2/p-2. The quantitative estimate of drug-likeness (QED) is 0.442. The number of rotatable bonds is 6. The summed E-state index contributed by atoms with van der Waals surface area (Å²) in [5.74, 6) is 2.35. The summed E-state index contributed by atoms with van der Waals surface area (Å²) in [5, 5.41) is 18.0. The molecule has 23 heavy (non-hydrogen) atoms. The first-order valence-corrected chi connectivity index (χ1v) is 9.83. The summed E-state index contributed by atoms with van der Waals surface area (Å²) in [6, 6.07) is 0. The van der Waals surface area contributed by atoms with Crippen molar-refractivity contribution in [2.45, 2.75) is 19.8 Å². The van der Waals surface area contributed by atoms with Crippen LogP contribution in [0.4, 0.5) is 0 Å². The maximum atomic E-state index is 9.02. The third kappa shape index (κ3) is 4.13. The van der Waals surface area contributed by atoms with Gasteiger partial charge in [-0.2, -0.15) is 0 Å². The van der Waals surface area contributed by atoms with E-state index in [1.54, 1.807) is 0 Å². The van der Waals surface area contributed by atoms with Crippen molar-refractivity contribution in [3.05, 3.63) is 41.4 Å². The number of aliphatic hydroxyl groups excluding tert-OH is 2. The average molecular weight is 438 g/mol. The van der Waals surface area contributed by atoms with Crippen LogP contribution in [0.2, 0.25) is 0 Å². The van der Waals surface area contributed by atoms with Crippen LogP contribution in [0, 0.1) is 5.92 Å². The van der Waals surface area contributed by atoms with E-state index in [1.807, 2.05) is 0 Å². The Morgan fingerprint density at radius 1 is 0.957 bits per heavy atom. The molecule has 1 aliphatic heterocycles. The van der Waals surface area contributed by atoms with Gasteiger partial charge in [-0.15, -0.1) is 0 Å². The van der Waals surface area contributed by atoms with Crippen LogP contribution >= 0.6 is 0 Å². The van der Waals surface area contributed by atoms with Crippen molar-refractivity contribution in [2.24, 2.45) is 5.92 Å². The third-order valence-corrected chi connectivity index (χ3v) is 7.64. The molecule has 0 atom stereocenters. The molecule has 0 aromatic carbocycles. The smallest absolute Gasteiger partial charge is 1.00 e. The van der Waals surface area contributed by atoms with Gasteiger partial charge < -0.3 is 24.8 Å². The Kier molecular flexibility index (Phi) is 8.61. The van der Waals surface area contributed by atoms with Crippen LogP contribution in [-0.4, -0.2) is 36.6 Å². The summed E-state index contributed by atoms with van der Waals surface area (Å²) < 4.78 is 14.6. The Balaban J connectivity index is 0.00000132. The first-order valence-electron chi connectivity index (χ1n) is 7.37. The molecule has 0 spiro atoms. The fourth-order valence-electron chi connectivity index (χ4n) is 3.09. The van der Waals surface area contributed by atoms with E-state index in [1.165, 1.54) is 17.7 Å². The Bertz CT molecular complexity index is 518. The van der Waals surface area contributed by atoms with Gasteiger partial charge in [-0.25, -0.2) is 0 Å². The second-order valence-corrected chi connectivity index (χ2v) is 8.91. The Morgan fingerprint density at radius 2 is 1.39 bits per heavy atom. The number of ether oxygens (including phenoxy) is 2. The first kappa shape index (κ1) is 21.0. The second-order valence-electron chi connectivity index (χ2n) is 5.33.